The highest BCUT2D eigenvalue weighted by Gasteiger charge is 2.13. The smallest absolute Gasteiger partial charge is 0.258 e. The fourth-order valence-electron chi connectivity index (χ4n) is 3.55. The summed E-state index contributed by atoms with van der Waals surface area (Å²) in [6.07, 6.45) is 0. The molecular weight excluding hydrogens is 438 g/mol. The summed E-state index contributed by atoms with van der Waals surface area (Å²) in [6, 6.07) is 21.2. The number of nitrogens with one attached hydrogen (secondary N) is 1. The van der Waals surface area contributed by atoms with Crippen molar-refractivity contribution < 1.29 is 14.3 Å². The Balaban J connectivity index is 1.40. The summed E-state index contributed by atoms with van der Waals surface area (Å²) >= 11 is 6.18. The zero-order valence-corrected chi connectivity index (χ0v) is 19.4. The first-order valence-electron chi connectivity index (χ1n) is 10.8. The van der Waals surface area contributed by atoms with E-state index >= 15 is 0 Å². The maximum absolute atomic E-state index is 12.4. The molecule has 0 saturated heterocycles. The van der Waals surface area contributed by atoms with E-state index in [0.29, 0.717) is 29.7 Å². The van der Waals surface area contributed by atoms with Crippen LogP contribution in [0.5, 0.6) is 11.5 Å². The van der Waals surface area contributed by atoms with E-state index < -0.39 is 0 Å². The van der Waals surface area contributed by atoms with Gasteiger partial charge in [-0.2, -0.15) is 0 Å². The van der Waals surface area contributed by atoms with Gasteiger partial charge in [-0.05, 0) is 55.3 Å². The van der Waals surface area contributed by atoms with Crippen LogP contribution in [0.25, 0.3) is 11.0 Å². The minimum absolute atomic E-state index is 0.0554. The van der Waals surface area contributed by atoms with Crippen LogP contribution in [0.4, 0.5) is 0 Å². The molecule has 170 valence electrons. The average molecular weight is 464 g/mol. The zero-order valence-electron chi connectivity index (χ0n) is 18.7. The Morgan fingerprint density at radius 1 is 1.00 bits per heavy atom. The molecule has 0 fully saturated rings. The molecule has 1 heterocycles. The zero-order chi connectivity index (χ0) is 23.2. The highest BCUT2D eigenvalue weighted by molar-refractivity contribution is 6.32. The Bertz CT molecular complexity index is 1270. The SMILES string of the molecule is Cc1ccc(C)c(OCC(=O)NCc2nc3ccccc3n2CCOc2ccccc2Cl)c1. The second-order valence-corrected chi connectivity index (χ2v) is 8.19. The van der Waals surface area contributed by atoms with Crippen molar-refractivity contribution in [3.05, 3.63) is 88.7 Å². The van der Waals surface area contributed by atoms with Gasteiger partial charge in [-0.25, -0.2) is 4.98 Å². The van der Waals surface area contributed by atoms with E-state index in [-0.39, 0.29) is 19.1 Å². The monoisotopic (exact) mass is 463 g/mol. The lowest BCUT2D eigenvalue weighted by atomic mass is 10.1. The van der Waals surface area contributed by atoms with Crippen molar-refractivity contribution in [2.75, 3.05) is 13.2 Å². The van der Waals surface area contributed by atoms with Gasteiger partial charge in [-0.1, -0.05) is 48.0 Å². The third-order valence-electron chi connectivity index (χ3n) is 5.29. The predicted octanol–water partition coefficient (Wildman–Crippen LogP) is 5.08. The maximum atomic E-state index is 12.4. The third kappa shape index (κ3) is 5.65. The number of para-hydroxylation sites is 3. The first kappa shape index (κ1) is 22.7. The van der Waals surface area contributed by atoms with Gasteiger partial charge in [-0.3, -0.25) is 4.79 Å². The first-order chi connectivity index (χ1) is 16.0. The minimum atomic E-state index is -0.207. The number of fused-ring (bicyclic) bond motifs is 1. The van der Waals surface area contributed by atoms with Crippen molar-refractivity contribution in [3.63, 3.8) is 0 Å². The van der Waals surface area contributed by atoms with Gasteiger partial charge in [0.25, 0.3) is 5.91 Å². The van der Waals surface area contributed by atoms with Crippen LogP contribution in [-0.2, 0) is 17.9 Å². The largest absolute Gasteiger partial charge is 0.490 e. The summed E-state index contributed by atoms with van der Waals surface area (Å²) in [5.41, 5.74) is 3.93. The molecule has 6 nitrogen and oxygen atoms in total. The van der Waals surface area contributed by atoms with Gasteiger partial charge in [0.05, 0.1) is 29.1 Å². The van der Waals surface area contributed by atoms with Gasteiger partial charge in [-0.15, -0.1) is 0 Å². The standard InChI is InChI=1S/C26H26ClN3O3/c1-18-11-12-19(2)24(15-18)33-17-26(31)28-16-25-29-21-8-4-5-9-22(21)30(25)13-14-32-23-10-6-3-7-20(23)27/h3-12,15H,13-14,16-17H2,1-2H3,(H,28,31). The van der Waals surface area contributed by atoms with E-state index in [9.17, 15) is 4.79 Å². The number of benzene rings is 3. The number of hydrogen-bond acceptors (Lipinski definition) is 4. The molecule has 4 aromatic rings. The van der Waals surface area contributed by atoms with Crippen molar-refractivity contribution in [2.24, 2.45) is 0 Å². The molecule has 0 atom stereocenters. The molecule has 0 unspecified atom stereocenters. The lowest BCUT2D eigenvalue weighted by Gasteiger charge is -2.13. The van der Waals surface area contributed by atoms with E-state index in [1.54, 1.807) is 6.07 Å². The predicted molar refractivity (Wildman–Crippen MR) is 130 cm³/mol. The lowest BCUT2D eigenvalue weighted by molar-refractivity contribution is -0.123. The van der Waals surface area contributed by atoms with E-state index in [4.69, 9.17) is 26.1 Å². The Hall–Kier alpha value is -3.51. The Labute approximate surface area is 198 Å². The fourth-order valence-corrected chi connectivity index (χ4v) is 3.74. The number of carbonyl (C=O) groups is 1. The van der Waals surface area contributed by atoms with Crippen LogP contribution in [0.2, 0.25) is 5.02 Å². The van der Waals surface area contributed by atoms with E-state index in [0.717, 1.165) is 28.0 Å². The van der Waals surface area contributed by atoms with Crippen LogP contribution in [-0.4, -0.2) is 28.7 Å². The summed E-state index contributed by atoms with van der Waals surface area (Å²) in [5, 5.41) is 3.49. The molecule has 0 saturated carbocycles. The van der Waals surface area contributed by atoms with E-state index in [2.05, 4.69) is 9.88 Å². The second kappa shape index (κ2) is 10.4. The molecule has 33 heavy (non-hydrogen) atoms. The van der Waals surface area contributed by atoms with Gasteiger partial charge < -0.3 is 19.4 Å². The highest BCUT2D eigenvalue weighted by Crippen LogP contribution is 2.23. The van der Waals surface area contributed by atoms with Crippen molar-refractivity contribution >= 4 is 28.5 Å². The van der Waals surface area contributed by atoms with Gasteiger partial charge >= 0.3 is 0 Å². The number of hydrogen-bond donors (Lipinski definition) is 1. The number of imidazole rings is 1. The number of rotatable bonds is 9. The van der Waals surface area contributed by atoms with Crippen LogP contribution in [0.3, 0.4) is 0 Å². The van der Waals surface area contributed by atoms with Crippen LogP contribution in [0.1, 0.15) is 17.0 Å². The Morgan fingerprint density at radius 3 is 2.64 bits per heavy atom. The van der Waals surface area contributed by atoms with Gasteiger partial charge in [0.15, 0.2) is 6.61 Å². The molecular formula is C26H26ClN3O3. The van der Waals surface area contributed by atoms with Crippen LogP contribution >= 0.6 is 11.6 Å². The van der Waals surface area contributed by atoms with Crippen LogP contribution in [0.15, 0.2) is 66.7 Å². The number of nitrogens with zero attached hydrogens (tertiary/aromatic N) is 2. The van der Waals surface area contributed by atoms with E-state index in [1.807, 2.05) is 74.5 Å². The van der Waals surface area contributed by atoms with Gasteiger partial charge in [0.1, 0.15) is 23.9 Å². The summed E-state index contributed by atoms with van der Waals surface area (Å²) in [5.74, 6) is 1.90. The molecule has 7 heteroatoms. The number of aromatic nitrogens is 2. The topological polar surface area (TPSA) is 65.4 Å². The van der Waals surface area contributed by atoms with Crippen molar-refractivity contribution in [3.8, 4) is 11.5 Å². The normalized spacial score (nSPS) is 10.9. The molecule has 0 spiro atoms. The number of amides is 1. The molecule has 1 N–H and O–H groups in total. The Kier molecular flexibility index (Phi) is 7.15. The fraction of sp³-hybridized carbons (Fsp3) is 0.231. The first-order valence-corrected chi connectivity index (χ1v) is 11.2. The van der Waals surface area contributed by atoms with Crippen LogP contribution < -0.4 is 14.8 Å². The molecule has 0 aliphatic carbocycles. The molecule has 0 aliphatic rings. The molecule has 0 bridgehead atoms. The summed E-state index contributed by atoms with van der Waals surface area (Å²) in [6.45, 7) is 5.17. The van der Waals surface area contributed by atoms with Crippen LogP contribution in [0, 0.1) is 13.8 Å². The summed E-state index contributed by atoms with van der Waals surface area (Å²) in [4.78, 5) is 17.1. The average Bonchev–Trinajstić information content (AvgIpc) is 3.17. The number of aryl methyl sites for hydroxylation is 2. The molecule has 0 radical (unpaired) electrons. The highest BCUT2D eigenvalue weighted by atomic mass is 35.5. The maximum Gasteiger partial charge on any atom is 0.258 e. The summed E-state index contributed by atoms with van der Waals surface area (Å²) in [7, 11) is 0. The quantitative estimate of drug-likeness (QED) is 0.376. The van der Waals surface area contributed by atoms with E-state index in [1.165, 1.54) is 0 Å². The molecule has 3 aromatic carbocycles. The molecule has 1 amide bonds. The molecule has 0 aliphatic heterocycles. The van der Waals surface area contributed by atoms with Crippen molar-refractivity contribution in [1.82, 2.24) is 14.9 Å². The number of carbonyl (C=O) groups excluding carboxylic acids is 1. The molecule has 1 aromatic heterocycles. The van der Waals surface area contributed by atoms with Gasteiger partial charge in [0, 0.05) is 0 Å². The van der Waals surface area contributed by atoms with Crippen molar-refractivity contribution in [1.29, 1.82) is 0 Å². The van der Waals surface area contributed by atoms with Gasteiger partial charge in [0.2, 0.25) is 0 Å². The third-order valence-corrected chi connectivity index (χ3v) is 5.60. The Morgan fingerprint density at radius 2 is 1.79 bits per heavy atom. The van der Waals surface area contributed by atoms with Crippen molar-refractivity contribution in [2.45, 2.75) is 26.9 Å². The molecule has 4 rings (SSSR count). The minimum Gasteiger partial charge on any atom is -0.490 e. The lowest BCUT2D eigenvalue weighted by Crippen LogP contribution is -2.30. The summed E-state index contributed by atoms with van der Waals surface area (Å²) < 4.78 is 13.6. The number of halogens is 1. The second-order valence-electron chi connectivity index (χ2n) is 7.78. The number of ether oxygens (including phenoxy) is 2.